The standard InChI is InChI=1S/C12H19N3O4S/c1-9-14-10(7-15(9)2)20(18,19)13-8-12(11(16)17)5-3-4-6-12/h7,13H,3-6,8H2,1-2H3,(H,16,17). The highest BCUT2D eigenvalue weighted by Gasteiger charge is 2.42. The van der Waals surface area contributed by atoms with Gasteiger partial charge in [0.1, 0.15) is 5.82 Å². The zero-order valence-corrected chi connectivity index (χ0v) is 12.4. The molecule has 7 nitrogen and oxygen atoms in total. The number of carboxylic acid groups (broad SMARTS) is 1. The van der Waals surface area contributed by atoms with E-state index in [0.717, 1.165) is 12.8 Å². The van der Waals surface area contributed by atoms with Gasteiger partial charge in [0.2, 0.25) is 0 Å². The number of carboxylic acids is 1. The van der Waals surface area contributed by atoms with Crippen LogP contribution >= 0.6 is 0 Å². The van der Waals surface area contributed by atoms with Crippen LogP contribution in [-0.2, 0) is 21.9 Å². The minimum atomic E-state index is -3.77. The van der Waals surface area contributed by atoms with E-state index in [0.29, 0.717) is 18.7 Å². The summed E-state index contributed by atoms with van der Waals surface area (Å²) in [6.07, 6.45) is 4.06. The number of rotatable bonds is 5. The smallest absolute Gasteiger partial charge is 0.310 e. The maximum atomic E-state index is 12.1. The first-order valence-electron chi connectivity index (χ1n) is 6.50. The van der Waals surface area contributed by atoms with Crippen LogP contribution in [0, 0.1) is 12.3 Å². The number of hydrogen-bond donors (Lipinski definition) is 2. The van der Waals surface area contributed by atoms with E-state index >= 15 is 0 Å². The first-order chi connectivity index (χ1) is 9.27. The van der Waals surface area contributed by atoms with Gasteiger partial charge in [-0.15, -0.1) is 0 Å². The maximum Gasteiger partial charge on any atom is 0.310 e. The molecule has 0 bridgehead atoms. The Bertz CT molecular complexity index is 595. The second kappa shape index (κ2) is 5.17. The van der Waals surface area contributed by atoms with Crippen molar-refractivity contribution in [2.45, 2.75) is 37.6 Å². The van der Waals surface area contributed by atoms with Crippen molar-refractivity contribution in [1.82, 2.24) is 14.3 Å². The number of aliphatic carboxylic acids is 1. The van der Waals surface area contributed by atoms with Crippen molar-refractivity contribution >= 4 is 16.0 Å². The van der Waals surface area contributed by atoms with Crippen LogP contribution in [0.1, 0.15) is 31.5 Å². The number of nitrogens with zero attached hydrogens (tertiary/aromatic N) is 2. The monoisotopic (exact) mass is 301 g/mol. The van der Waals surface area contributed by atoms with E-state index < -0.39 is 21.4 Å². The molecule has 1 aliphatic carbocycles. The molecule has 1 aromatic heterocycles. The molecule has 112 valence electrons. The normalized spacial score (nSPS) is 18.3. The Morgan fingerprint density at radius 1 is 1.50 bits per heavy atom. The third-order valence-electron chi connectivity index (χ3n) is 3.98. The van der Waals surface area contributed by atoms with Gasteiger partial charge in [-0.3, -0.25) is 4.79 Å². The predicted octanol–water partition coefficient (Wildman–Crippen LogP) is 0.652. The first kappa shape index (κ1) is 15.0. The van der Waals surface area contributed by atoms with Crippen molar-refractivity contribution in [2.24, 2.45) is 12.5 Å². The molecule has 1 heterocycles. The van der Waals surface area contributed by atoms with E-state index in [1.165, 1.54) is 6.20 Å². The molecule has 1 fully saturated rings. The molecule has 0 aliphatic heterocycles. The van der Waals surface area contributed by atoms with Crippen LogP contribution in [0.15, 0.2) is 11.2 Å². The van der Waals surface area contributed by atoms with Crippen LogP contribution in [-0.4, -0.2) is 35.6 Å². The topological polar surface area (TPSA) is 101 Å². The van der Waals surface area contributed by atoms with Crippen LogP contribution in [0.5, 0.6) is 0 Å². The number of sulfonamides is 1. The molecule has 0 amide bonds. The predicted molar refractivity (Wildman–Crippen MR) is 71.7 cm³/mol. The van der Waals surface area contributed by atoms with Crippen molar-refractivity contribution in [2.75, 3.05) is 6.54 Å². The summed E-state index contributed by atoms with van der Waals surface area (Å²) >= 11 is 0. The van der Waals surface area contributed by atoms with Gasteiger partial charge in [0.15, 0.2) is 5.03 Å². The van der Waals surface area contributed by atoms with Crippen molar-refractivity contribution in [3.05, 3.63) is 12.0 Å². The maximum absolute atomic E-state index is 12.1. The summed E-state index contributed by atoms with van der Waals surface area (Å²) in [6, 6.07) is 0. The third kappa shape index (κ3) is 2.71. The molecule has 20 heavy (non-hydrogen) atoms. The molecule has 1 saturated carbocycles. The highest BCUT2D eigenvalue weighted by atomic mass is 32.2. The summed E-state index contributed by atoms with van der Waals surface area (Å²) in [6.45, 7) is 1.62. The zero-order chi connectivity index (χ0) is 15.0. The van der Waals surface area contributed by atoms with Crippen LogP contribution in [0.3, 0.4) is 0 Å². The van der Waals surface area contributed by atoms with E-state index in [1.807, 2.05) is 0 Å². The quantitative estimate of drug-likeness (QED) is 0.831. The minimum absolute atomic E-state index is 0.0731. The Morgan fingerprint density at radius 2 is 2.10 bits per heavy atom. The number of aryl methyl sites for hydroxylation is 2. The lowest BCUT2D eigenvalue weighted by Gasteiger charge is -2.23. The van der Waals surface area contributed by atoms with Gasteiger partial charge in [-0.1, -0.05) is 12.8 Å². The van der Waals surface area contributed by atoms with Crippen LogP contribution in [0.25, 0.3) is 0 Å². The molecule has 0 radical (unpaired) electrons. The number of aromatic nitrogens is 2. The number of carbonyl (C=O) groups is 1. The van der Waals surface area contributed by atoms with E-state index in [-0.39, 0.29) is 11.6 Å². The molecule has 0 spiro atoms. The first-order valence-corrected chi connectivity index (χ1v) is 7.98. The molecule has 0 saturated heterocycles. The molecule has 8 heteroatoms. The Morgan fingerprint density at radius 3 is 2.55 bits per heavy atom. The fraction of sp³-hybridized carbons (Fsp3) is 0.667. The molecule has 0 unspecified atom stereocenters. The highest BCUT2D eigenvalue weighted by Crippen LogP contribution is 2.38. The van der Waals surface area contributed by atoms with Crippen LogP contribution < -0.4 is 4.72 Å². The lowest BCUT2D eigenvalue weighted by Crippen LogP contribution is -2.41. The summed E-state index contributed by atoms with van der Waals surface area (Å²) in [7, 11) is -2.06. The Labute approximate surface area is 118 Å². The second-order valence-corrected chi connectivity index (χ2v) is 7.07. The van der Waals surface area contributed by atoms with Crippen LogP contribution in [0.2, 0.25) is 0 Å². The van der Waals surface area contributed by atoms with Gasteiger partial charge in [0.25, 0.3) is 10.0 Å². The lowest BCUT2D eigenvalue weighted by molar-refractivity contribution is -0.148. The van der Waals surface area contributed by atoms with Gasteiger partial charge in [0, 0.05) is 19.8 Å². The summed E-state index contributed by atoms with van der Waals surface area (Å²) in [5, 5.41) is 9.25. The van der Waals surface area contributed by atoms with Crippen molar-refractivity contribution in [3.63, 3.8) is 0 Å². The second-order valence-electron chi connectivity index (χ2n) is 5.35. The Kier molecular flexibility index (Phi) is 3.88. The average molecular weight is 301 g/mol. The van der Waals surface area contributed by atoms with Gasteiger partial charge >= 0.3 is 5.97 Å². The lowest BCUT2D eigenvalue weighted by atomic mass is 9.87. The molecule has 1 aliphatic rings. The molecule has 0 atom stereocenters. The summed E-state index contributed by atoms with van der Waals surface area (Å²) in [5.74, 6) is -0.353. The van der Waals surface area contributed by atoms with Crippen LogP contribution in [0.4, 0.5) is 0 Å². The summed E-state index contributed by atoms with van der Waals surface area (Å²) in [4.78, 5) is 15.3. The zero-order valence-electron chi connectivity index (χ0n) is 11.6. The molecule has 1 aromatic rings. The average Bonchev–Trinajstić information content (AvgIpc) is 2.96. The highest BCUT2D eigenvalue weighted by molar-refractivity contribution is 7.89. The number of nitrogens with one attached hydrogen (secondary N) is 1. The molecular formula is C12H19N3O4S. The van der Waals surface area contributed by atoms with Gasteiger partial charge in [-0.2, -0.15) is 0 Å². The molecule has 0 aromatic carbocycles. The SMILES string of the molecule is Cc1nc(S(=O)(=O)NCC2(C(=O)O)CCCC2)cn1C. The summed E-state index contributed by atoms with van der Waals surface area (Å²) < 4.78 is 28.3. The fourth-order valence-electron chi connectivity index (χ4n) is 2.48. The molecule has 2 rings (SSSR count). The van der Waals surface area contributed by atoms with Gasteiger partial charge < -0.3 is 9.67 Å². The van der Waals surface area contributed by atoms with Crippen molar-refractivity contribution < 1.29 is 18.3 Å². The third-order valence-corrected chi connectivity index (χ3v) is 5.25. The van der Waals surface area contributed by atoms with E-state index in [4.69, 9.17) is 0 Å². The Balaban J connectivity index is 2.15. The number of hydrogen-bond acceptors (Lipinski definition) is 4. The minimum Gasteiger partial charge on any atom is -0.481 e. The van der Waals surface area contributed by atoms with E-state index in [9.17, 15) is 18.3 Å². The Hall–Kier alpha value is -1.41. The summed E-state index contributed by atoms with van der Waals surface area (Å²) in [5.41, 5.74) is -0.975. The molecule has 2 N–H and O–H groups in total. The van der Waals surface area contributed by atoms with Gasteiger partial charge in [0.05, 0.1) is 5.41 Å². The van der Waals surface area contributed by atoms with Crippen molar-refractivity contribution in [3.8, 4) is 0 Å². The van der Waals surface area contributed by atoms with Gasteiger partial charge in [-0.25, -0.2) is 18.1 Å². The fourth-order valence-corrected chi connectivity index (χ4v) is 3.64. The van der Waals surface area contributed by atoms with Gasteiger partial charge in [-0.05, 0) is 19.8 Å². The van der Waals surface area contributed by atoms with E-state index in [2.05, 4.69) is 9.71 Å². The largest absolute Gasteiger partial charge is 0.481 e. The molecular weight excluding hydrogens is 282 g/mol. The number of imidazole rings is 1. The van der Waals surface area contributed by atoms with Crippen molar-refractivity contribution in [1.29, 1.82) is 0 Å². The van der Waals surface area contributed by atoms with E-state index in [1.54, 1.807) is 18.5 Å².